The largest absolute Gasteiger partial charge is 0.352 e. The van der Waals surface area contributed by atoms with Crippen molar-refractivity contribution >= 4 is 5.91 Å². The second-order valence-electron chi connectivity index (χ2n) is 4.50. The van der Waals surface area contributed by atoms with Crippen LogP contribution in [0.2, 0.25) is 0 Å². The Balaban J connectivity index is 1.94. The molecule has 0 saturated heterocycles. The van der Waals surface area contributed by atoms with Gasteiger partial charge in [-0.3, -0.25) is 4.79 Å². The van der Waals surface area contributed by atoms with Gasteiger partial charge in [-0.1, -0.05) is 30.4 Å². The highest BCUT2D eigenvalue weighted by molar-refractivity contribution is 5.77. The van der Waals surface area contributed by atoms with Crippen molar-refractivity contribution in [3.05, 3.63) is 72.6 Å². The number of aromatic nitrogens is 1. The number of carbonyl (C=O) groups excluding carboxylic acids is 1. The summed E-state index contributed by atoms with van der Waals surface area (Å²) in [5, 5.41) is 2.90. The zero-order valence-electron chi connectivity index (χ0n) is 11.6. The van der Waals surface area contributed by atoms with Gasteiger partial charge in [-0.15, -0.1) is 0 Å². The fraction of sp³-hybridized carbons (Fsp3) is 0.176. The molecule has 0 aliphatic carbocycles. The van der Waals surface area contributed by atoms with Gasteiger partial charge in [0.15, 0.2) is 12.4 Å². The highest BCUT2D eigenvalue weighted by Crippen LogP contribution is 2.04. The molecule has 2 aromatic rings. The van der Waals surface area contributed by atoms with E-state index < -0.39 is 0 Å². The van der Waals surface area contributed by atoms with Crippen LogP contribution in [0.5, 0.6) is 0 Å². The third-order valence-corrected chi connectivity index (χ3v) is 2.98. The van der Waals surface area contributed by atoms with Crippen LogP contribution in [0.4, 0.5) is 0 Å². The Labute approximate surface area is 119 Å². The quantitative estimate of drug-likeness (QED) is 0.655. The highest BCUT2D eigenvalue weighted by Gasteiger charge is 2.04. The van der Waals surface area contributed by atoms with Crippen molar-refractivity contribution in [2.24, 2.45) is 0 Å². The standard InChI is InChI=1S/C17H18N2O/c1-2-3-7-17(20)18-14-15-8-10-16(11-9-15)19-12-5-4-6-13-19/h2-6,8-13H,7,14H2,1H3/p+1/b3-2+. The zero-order valence-corrected chi connectivity index (χ0v) is 11.6. The van der Waals surface area contributed by atoms with E-state index in [9.17, 15) is 4.79 Å². The van der Waals surface area contributed by atoms with Crippen molar-refractivity contribution in [3.63, 3.8) is 0 Å². The van der Waals surface area contributed by atoms with E-state index in [-0.39, 0.29) is 5.91 Å². The van der Waals surface area contributed by atoms with Crippen LogP contribution in [0.15, 0.2) is 67.0 Å². The molecule has 20 heavy (non-hydrogen) atoms. The summed E-state index contributed by atoms with van der Waals surface area (Å²) in [6.45, 7) is 2.48. The number of hydrogen-bond acceptors (Lipinski definition) is 1. The zero-order chi connectivity index (χ0) is 14.2. The smallest absolute Gasteiger partial charge is 0.224 e. The summed E-state index contributed by atoms with van der Waals surface area (Å²) in [7, 11) is 0. The number of pyridine rings is 1. The summed E-state index contributed by atoms with van der Waals surface area (Å²) < 4.78 is 2.05. The average molecular weight is 267 g/mol. The third-order valence-electron chi connectivity index (χ3n) is 2.98. The van der Waals surface area contributed by atoms with E-state index in [1.165, 1.54) is 0 Å². The van der Waals surface area contributed by atoms with Gasteiger partial charge in [0.2, 0.25) is 11.6 Å². The lowest BCUT2D eigenvalue weighted by atomic mass is 10.2. The molecule has 0 radical (unpaired) electrons. The predicted molar refractivity (Wildman–Crippen MR) is 79.3 cm³/mol. The number of nitrogens with zero attached hydrogens (tertiary/aromatic N) is 1. The molecule has 0 bridgehead atoms. The maximum absolute atomic E-state index is 11.5. The van der Waals surface area contributed by atoms with Crippen molar-refractivity contribution < 1.29 is 9.36 Å². The Hall–Kier alpha value is -2.42. The summed E-state index contributed by atoms with van der Waals surface area (Å²) in [5.74, 6) is 0.0459. The fourth-order valence-corrected chi connectivity index (χ4v) is 1.85. The minimum atomic E-state index is 0.0459. The first-order valence-electron chi connectivity index (χ1n) is 6.73. The van der Waals surface area contributed by atoms with E-state index in [0.29, 0.717) is 13.0 Å². The molecule has 102 valence electrons. The van der Waals surface area contributed by atoms with Crippen molar-refractivity contribution in [3.8, 4) is 5.69 Å². The van der Waals surface area contributed by atoms with Crippen molar-refractivity contribution in [1.29, 1.82) is 0 Å². The van der Waals surface area contributed by atoms with E-state index in [2.05, 4.69) is 9.88 Å². The summed E-state index contributed by atoms with van der Waals surface area (Å²) in [6, 6.07) is 14.1. The van der Waals surface area contributed by atoms with E-state index in [0.717, 1.165) is 11.3 Å². The molecule has 1 N–H and O–H groups in total. The molecule has 1 amide bonds. The molecule has 3 heteroatoms. The molecule has 0 aliphatic rings. The lowest BCUT2D eigenvalue weighted by Crippen LogP contribution is -2.28. The minimum Gasteiger partial charge on any atom is -0.352 e. The average Bonchev–Trinajstić information content (AvgIpc) is 2.52. The topological polar surface area (TPSA) is 33.0 Å². The van der Waals surface area contributed by atoms with E-state index >= 15 is 0 Å². The first kappa shape index (κ1) is 14.0. The van der Waals surface area contributed by atoms with Gasteiger partial charge in [0.05, 0.1) is 0 Å². The monoisotopic (exact) mass is 267 g/mol. The second kappa shape index (κ2) is 7.24. The number of benzene rings is 1. The van der Waals surface area contributed by atoms with Crippen LogP contribution in [0, 0.1) is 0 Å². The number of amides is 1. The molecule has 2 rings (SSSR count). The summed E-state index contributed by atoms with van der Waals surface area (Å²) in [5.41, 5.74) is 2.20. The Morgan fingerprint density at radius 3 is 2.50 bits per heavy atom. The Morgan fingerprint density at radius 2 is 1.85 bits per heavy atom. The number of allylic oxidation sites excluding steroid dienone is 1. The number of carbonyl (C=O) groups is 1. The molecule has 0 unspecified atom stereocenters. The van der Waals surface area contributed by atoms with Gasteiger partial charge in [0, 0.05) is 37.2 Å². The van der Waals surface area contributed by atoms with Gasteiger partial charge in [-0.25, -0.2) is 0 Å². The van der Waals surface area contributed by atoms with Gasteiger partial charge in [0.1, 0.15) is 0 Å². The van der Waals surface area contributed by atoms with E-state index in [1.54, 1.807) is 0 Å². The number of rotatable bonds is 5. The third kappa shape index (κ3) is 4.05. The van der Waals surface area contributed by atoms with Gasteiger partial charge in [0.25, 0.3) is 0 Å². The maximum Gasteiger partial charge on any atom is 0.224 e. The first-order valence-corrected chi connectivity index (χ1v) is 6.73. The predicted octanol–water partition coefficient (Wildman–Crippen LogP) is 2.55. The van der Waals surface area contributed by atoms with Crippen LogP contribution < -0.4 is 9.88 Å². The lowest BCUT2D eigenvalue weighted by Gasteiger charge is -2.04. The van der Waals surface area contributed by atoms with Gasteiger partial charge >= 0.3 is 0 Å². The summed E-state index contributed by atoms with van der Waals surface area (Å²) in [6.07, 6.45) is 8.19. The number of hydrogen-bond donors (Lipinski definition) is 1. The molecule has 1 aromatic carbocycles. The van der Waals surface area contributed by atoms with Crippen LogP contribution in [-0.4, -0.2) is 5.91 Å². The molecule has 1 heterocycles. The summed E-state index contributed by atoms with van der Waals surface area (Å²) in [4.78, 5) is 11.5. The Kier molecular flexibility index (Phi) is 5.07. The van der Waals surface area contributed by atoms with Crippen LogP contribution in [0.1, 0.15) is 18.9 Å². The molecule has 0 saturated carbocycles. The number of nitrogens with one attached hydrogen (secondary N) is 1. The maximum atomic E-state index is 11.5. The van der Waals surface area contributed by atoms with Gasteiger partial charge in [-0.05, 0) is 12.5 Å². The van der Waals surface area contributed by atoms with Crippen LogP contribution in [0.3, 0.4) is 0 Å². The van der Waals surface area contributed by atoms with Crippen LogP contribution in [-0.2, 0) is 11.3 Å². The minimum absolute atomic E-state index is 0.0459. The molecule has 1 aromatic heterocycles. The second-order valence-corrected chi connectivity index (χ2v) is 4.50. The summed E-state index contributed by atoms with van der Waals surface area (Å²) >= 11 is 0. The van der Waals surface area contributed by atoms with Crippen molar-refractivity contribution in [2.45, 2.75) is 19.9 Å². The molecule has 0 spiro atoms. The van der Waals surface area contributed by atoms with Crippen molar-refractivity contribution in [2.75, 3.05) is 0 Å². The van der Waals surface area contributed by atoms with Crippen LogP contribution >= 0.6 is 0 Å². The Morgan fingerprint density at radius 1 is 1.15 bits per heavy atom. The normalized spacial score (nSPS) is 10.7. The molecule has 3 nitrogen and oxygen atoms in total. The molecular formula is C17H19N2O+. The SMILES string of the molecule is C/C=C/CC(=O)NCc1ccc(-[n+]2ccccc2)cc1. The first-order chi connectivity index (χ1) is 9.79. The van der Waals surface area contributed by atoms with E-state index in [4.69, 9.17) is 0 Å². The fourth-order valence-electron chi connectivity index (χ4n) is 1.85. The molecular weight excluding hydrogens is 248 g/mol. The molecule has 0 aliphatic heterocycles. The Bertz CT molecular complexity index is 574. The van der Waals surface area contributed by atoms with Crippen molar-refractivity contribution in [1.82, 2.24) is 5.32 Å². The van der Waals surface area contributed by atoms with E-state index in [1.807, 2.05) is 73.9 Å². The molecule has 0 fully saturated rings. The van der Waals surface area contributed by atoms with Crippen LogP contribution in [0.25, 0.3) is 5.69 Å². The highest BCUT2D eigenvalue weighted by atomic mass is 16.1. The molecule has 0 atom stereocenters. The van der Waals surface area contributed by atoms with Gasteiger partial charge in [-0.2, -0.15) is 4.57 Å². The lowest BCUT2D eigenvalue weighted by molar-refractivity contribution is -0.595. The van der Waals surface area contributed by atoms with Gasteiger partial charge < -0.3 is 5.32 Å².